The molecule has 0 bridgehead atoms. The van der Waals surface area contributed by atoms with Gasteiger partial charge in [-0.2, -0.15) is 0 Å². The van der Waals surface area contributed by atoms with Gasteiger partial charge in [-0.15, -0.1) is 0 Å². The Bertz CT molecular complexity index is 593. The third kappa shape index (κ3) is 4.57. The highest BCUT2D eigenvalue weighted by Crippen LogP contribution is 2.18. The minimum absolute atomic E-state index is 0.333. The Hall–Kier alpha value is -2.62. The van der Waals surface area contributed by atoms with E-state index in [1.54, 1.807) is 6.20 Å². The van der Waals surface area contributed by atoms with E-state index >= 15 is 0 Å². The Morgan fingerprint density at radius 3 is 2.45 bits per heavy atom. The summed E-state index contributed by atoms with van der Waals surface area (Å²) >= 11 is 0. The molecule has 0 aliphatic rings. The summed E-state index contributed by atoms with van der Waals surface area (Å²) in [6, 6.07) is 10.1. The van der Waals surface area contributed by atoms with Gasteiger partial charge in [0.15, 0.2) is 0 Å². The number of nitrogens with zero attached hydrogens (tertiary/aromatic N) is 2. The Morgan fingerprint density at radius 1 is 1.35 bits per heavy atom. The van der Waals surface area contributed by atoms with Crippen molar-refractivity contribution in [2.24, 2.45) is 5.73 Å². The first kappa shape index (κ1) is 15.4. The predicted octanol–water partition coefficient (Wildman–Crippen LogP) is 3.18. The molecule has 0 radical (unpaired) electrons. The first-order valence-electron chi connectivity index (χ1n) is 6.24. The zero-order chi connectivity index (χ0) is 15.0. The highest BCUT2D eigenvalue weighted by atomic mass is 16.1. The molecule has 0 aliphatic heterocycles. The summed E-state index contributed by atoms with van der Waals surface area (Å²) in [5.74, 6) is 0.566. The van der Waals surface area contributed by atoms with Crippen molar-refractivity contribution < 1.29 is 4.79 Å². The van der Waals surface area contributed by atoms with E-state index in [0.717, 1.165) is 17.1 Å². The van der Waals surface area contributed by atoms with Crippen molar-refractivity contribution >= 4 is 18.2 Å². The van der Waals surface area contributed by atoms with Gasteiger partial charge in [0.05, 0.1) is 5.69 Å². The van der Waals surface area contributed by atoms with Crippen LogP contribution in [0.3, 0.4) is 0 Å². The SMILES string of the molecule is C=Cn1cc(-c2ccccc2)nc1/C=C\C.CC(N)=O. The highest BCUT2D eigenvalue weighted by Gasteiger charge is 2.04. The van der Waals surface area contributed by atoms with Crippen molar-refractivity contribution in [1.82, 2.24) is 9.55 Å². The molecule has 0 saturated heterocycles. The molecule has 4 nitrogen and oxygen atoms in total. The van der Waals surface area contributed by atoms with Crippen LogP contribution in [0.25, 0.3) is 23.5 Å². The average Bonchev–Trinajstić information content (AvgIpc) is 2.83. The quantitative estimate of drug-likeness (QED) is 0.930. The van der Waals surface area contributed by atoms with Crippen LogP contribution in [0.15, 0.2) is 49.2 Å². The van der Waals surface area contributed by atoms with E-state index in [1.165, 1.54) is 6.92 Å². The van der Waals surface area contributed by atoms with Gasteiger partial charge in [0.25, 0.3) is 0 Å². The molecule has 2 N–H and O–H groups in total. The number of hydrogen-bond donors (Lipinski definition) is 1. The molecule has 0 unspecified atom stereocenters. The molecule has 1 heterocycles. The van der Waals surface area contributed by atoms with Gasteiger partial charge in [0.2, 0.25) is 5.91 Å². The molecule has 1 aromatic carbocycles. The second-order valence-electron chi connectivity index (χ2n) is 4.05. The minimum atomic E-state index is -0.333. The third-order valence-corrected chi connectivity index (χ3v) is 2.34. The summed E-state index contributed by atoms with van der Waals surface area (Å²) in [5.41, 5.74) is 6.56. The van der Waals surface area contributed by atoms with Crippen molar-refractivity contribution in [2.45, 2.75) is 13.8 Å². The molecule has 0 fully saturated rings. The predicted molar refractivity (Wildman–Crippen MR) is 83.6 cm³/mol. The van der Waals surface area contributed by atoms with Crippen LogP contribution in [0.5, 0.6) is 0 Å². The summed E-state index contributed by atoms with van der Waals surface area (Å²) in [7, 11) is 0. The van der Waals surface area contributed by atoms with Gasteiger partial charge < -0.3 is 10.3 Å². The number of benzene rings is 1. The highest BCUT2D eigenvalue weighted by molar-refractivity contribution is 5.70. The molecule has 0 saturated carbocycles. The lowest BCUT2D eigenvalue weighted by atomic mass is 10.2. The smallest absolute Gasteiger partial charge is 0.214 e. The molecule has 1 amide bonds. The number of carbonyl (C=O) groups is 1. The van der Waals surface area contributed by atoms with Gasteiger partial charge in [-0.3, -0.25) is 4.79 Å². The lowest BCUT2D eigenvalue weighted by Crippen LogP contribution is -2.01. The first-order valence-corrected chi connectivity index (χ1v) is 6.24. The van der Waals surface area contributed by atoms with E-state index in [-0.39, 0.29) is 5.91 Å². The van der Waals surface area contributed by atoms with Gasteiger partial charge in [-0.05, 0) is 13.0 Å². The normalized spacial score (nSPS) is 9.90. The molecular formula is C16H19N3O. The summed E-state index contributed by atoms with van der Waals surface area (Å²) in [6.07, 6.45) is 7.68. The largest absolute Gasteiger partial charge is 0.370 e. The summed E-state index contributed by atoms with van der Waals surface area (Å²) in [5, 5.41) is 0. The fraction of sp³-hybridized carbons (Fsp3) is 0.125. The van der Waals surface area contributed by atoms with E-state index in [4.69, 9.17) is 0 Å². The first-order chi connectivity index (χ1) is 9.58. The summed E-state index contributed by atoms with van der Waals surface area (Å²) in [6.45, 7) is 7.05. The second-order valence-corrected chi connectivity index (χ2v) is 4.05. The molecule has 104 valence electrons. The molecule has 2 aromatic rings. The molecule has 0 atom stereocenters. The number of aromatic nitrogens is 2. The molecular weight excluding hydrogens is 250 g/mol. The van der Waals surface area contributed by atoms with Crippen molar-refractivity contribution in [2.75, 3.05) is 0 Å². The topological polar surface area (TPSA) is 60.9 Å². The number of carbonyl (C=O) groups excluding carboxylic acids is 1. The van der Waals surface area contributed by atoms with Crippen molar-refractivity contribution in [3.8, 4) is 11.3 Å². The zero-order valence-corrected chi connectivity index (χ0v) is 11.8. The number of primary amides is 1. The van der Waals surface area contributed by atoms with E-state index in [2.05, 4.69) is 29.4 Å². The van der Waals surface area contributed by atoms with Gasteiger partial charge >= 0.3 is 0 Å². The number of imidazole rings is 1. The molecule has 0 aliphatic carbocycles. The van der Waals surface area contributed by atoms with Gasteiger partial charge in [-0.25, -0.2) is 4.98 Å². The third-order valence-electron chi connectivity index (χ3n) is 2.34. The van der Waals surface area contributed by atoms with Crippen molar-refractivity contribution in [3.63, 3.8) is 0 Å². The van der Waals surface area contributed by atoms with E-state index in [0.29, 0.717) is 0 Å². The van der Waals surface area contributed by atoms with Crippen molar-refractivity contribution in [3.05, 3.63) is 55.0 Å². The molecule has 0 spiro atoms. The fourth-order valence-corrected chi connectivity index (χ4v) is 1.57. The Balaban J connectivity index is 0.000000444. The number of rotatable bonds is 3. The molecule has 1 aromatic heterocycles. The van der Waals surface area contributed by atoms with Crippen LogP contribution >= 0.6 is 0 Å². The number of allylic oxidation sites excluding steroid dienone is 1. The average molecular weight is 269 g/mol. The van der Waals surface area contributed by atoms with Gasteiger partial charge in [0.1, 0.15) is 5.82 Å². The monoisotopic (exact) mass is 269 g/mol. The number of amides is 1. The fourth-order valence-electron chi connectivity index (χ4n) is 1.57. The Morgan fingerprint density at radius 2 is 1.95 bits per heavy atom. The van der Waals surface area contributed by atoms with Crippen LogP contribution in [-0.4, -0.2) is 15.5 Å². The standard InChI is InChI=1S/C14H14N2.C2H5NO/c1-3-8-14-15-13(11-16(14)4-2)12-9-6-5-7-10-12;1-2(3)4/h3-11H,2H2,1H3;1H3,(H2,3,4)/b8-3-;. The van der Waals surface area contributed by atoms with Crippen LogP contribution in [-0.2, 0) is 4.79 Å². The number of nitrogens with two attached hydrogens (primary N) is 1. The molecule has 2 rings (SSSR count). The maximum absolute atomic E-state index is 9.22. The van der Waals surface area contributed by atoms with Crippen LogP contribution in [0.1, 0.15) is 19.7 Å². The van der Waals surface area contributed by atoms with Gasteiger partial charge in [0, 0.05) is 24.9 Å². The lowest BCUT2D eigenvalue weighted by Gasteiger charge is -1.93. The zero-order valence-electron chi connectivity index (χ0n) is 11.8. The maximum atomic E-state index is 9.22. The molecule has 4 heteroatoms. The van der Waals surface area contributed by atoms with E-state index in [9.17, 15) is 4.79 Å². The molecule has 20 heavy (non-hydrogen) atoms. The van der Waals surface area contributed by atoms with Crippen LogP contribution < -0.4 is 5.73 Å². The van der Waals surface area contributed by atoms with Gasteiger partial charge in [-0.1, -0.05) is 43.0 Å². The maximum Gasteiger partial charge on any atom is 0.214 e. The summed E-state index contributed by atoms with van der Waals surface area (Å²) in [4.78, 5) is 13.8. The number of hydrogen-bond acceptors (Lipinski definition) is 2. The Kier molecular flexibility index (Phi) is 5.97. The van der Waals surface area contributed by atoms with Crippen LogP contribution in [0.2, 0.25) is 0 Å². The minimum Gasteiger partial charge on any atom is -0.370 e. The lowest BCUT2D eigenvalue weighted by molar-refractivity contribution is -0.115. The summed E-state index contributed by atoms with van der Waals surface area (Å²) < 4.78 is 1.92. The van der Waals surface area contributed by atoms with E-state index in [1.807, 2.05) is 48.0 Å². The van der Waals surface area contributed by atoms with Crippen molar-refractivity contribution in [1.29, 1.82) is 0 Å². The van der Waals surface area contributed by atoms with Crippen LogP contribution in [0, 0.1) is 0 Å². The second kappa shape index (κ2) is 7.74. The Labute approximate surface area is 119 Å². The van der Waals surface area contributed by atoms with Crippen LogP contribution in [0.4, 0.5) is 0 Å². The van der Waals surface area contributed by atoms with E-state index < -0.39 is 0 Å².